The van der Waals surface area contributed by atoms with E-state index in [1.807, 2.05) is 31.3 Å². The molecule has 0 bridgehead atoms. The minimum absolute atomic E-state index is 0.129. The Hall–Kier alpha value is -2.31. The lowest BCUT2D eigenvalue weighted by Crippen LogP contribution is -2.24. The van der Waals surface area contributed by atoms with Crippen molar-refractivity contribution in [3.8, 4) is 0 Å². The van der Waals surface area contributed by atoms with Gasteiger partial charge >= 0.3 is 0 Å². The van der Waals surface area contributed by atoms with E-state index in [4.69, 9.17) is 16.3 Å². The van der Waals surface area contributed by atoms with Crippen molar-refractivity contribution < 1.29 is 4.74 Å². The molecule has 0 saturated carbocycles. The zero-order valence-corrected chi connectivity index (χ0v) is 15.5. The summed E-state index contributed by atoms with van der Waals surface area (Å²) in [4.78, 5) is 12.1. The predicted octanol–water partition coefficient (Wildman–Crippen LogP) is 3.40. The first-order valence-corrected chi connectivity index (χ1v) is 8.39. The zero-order valence-electron chi connectivity index (χ0n) is 14.8. The summed E-state index contributed by atoms with van der Waals surface area (Å²) in [5, 5.41) is 9.09. The molecule has 0 aliphatic rings. The lowest BCUT2D eigenvalue weighted by atomic mass is 10.2. The van der Waals surface area contributed by atoms with Crippen molar-refractivity contribution in [2.24, 2.45) is 7.05 Å². The van der Waals surface area contributed by atoms with Crippen LogP contribution in [0.4, 0.5) is 11.4 Å². The van der Waals surface area contributed by atoms with Crippen LogP contribution in [0.1, 0.15) is 11.3 Å². The van der Waals surface area contributed by atoms with Crippen molar-refractivity contribution >= 4 is 33.9 Å². The molecule has 0 amide bonds. The fourth-order valence-electron chi connectivity index (χ4n) is 2.98. The number of fused-ring (bicyclic) bond motifs is 1. The van der Waals surface area contributed by atoms with Gasteiger partial charge < -0.3 is 14.6 Å². The number of anilines is 2. The maximum Gasteiger partial charge on any atom is 0.271 e. The van der Waals surface area contributed by atoms with Crippen molar-refractivity contribution in [2.45, 2.75) is 20.4 Å². The molecule has 2 aromatic heterocycles. The molecule has 2 heterocycles. The maximum atomic E-state index is 12.1. The summed E-state index contributed by atoms with van der Waals surface area (Å²) in [7, 11) is 3.33. The largest absolute Gasteiger partial charge is 0.383 e. The van der Waals surface area contributed by atoms with Crippen LogP contribution in [0.5, 0.6) is 0 Å². The third kappa shape index (κ3) is 3.15. The van der Waals surface area contributed by atoms with E-state index >= 15 is 0 Å². The molecule has 0 aliphatic carbocycles. The first-order valence-electron chi connectivity index (χ1n) is 8.02. The Labute approximate surface area is 151 Å². The van der Waals surface area contributed by atoms with E-state index in [2.05, 4.69) is 15.0 Å². The van der Waals surface area contributed by atoms with Crippen molar-refractivity contribution in [3.05, 3.63) is 51.0 Å². The van der Waals surface area contributed by atoms with Crippen molar-refractivity contribution in [3.63, 3.8) is 0 Å². The fourth-order valence-corrected chi connectivity index (χ4v) is 3.25. The second-order valence-electron chi connectivity index (χ2n) is 6.00. The minimum Gasteiger partial charge on any atom is -0.383 e. The molecule has 3 aromatic rings. The summed E-state index contributed by atoms with van der Waals surface area (Å²) >= 11 is 6.60. The smallest absolute Gasteiger partial charge is 0.271 e. The molecular formula is C18H21ClN4O2. The average Bonchev–Trinajstić information content (AvgIpc) is 3.00. The summed E-state index contributed by atoms with van der Waals surface area (Å²) in [5.41, 5.74) is 3.72. The maximum absolute atomic E-state index is 12.1. The molecule has 1 N–H and O–H groups in total. The molecule has 0 atom stereocenters. The van der Waals surface area contributed by atoms with Gasteiger partial charge in [0.1, 0.15) is 0 Å². The lowest BCUT2D eigenvalue weighted by Gasteiger charge is -2.15. The molecule has 3 rings (SSSR count). The highest BCUT2D eigenvalue weighted by atomic mass is 35.5. The van der Waals surface area contributed by atoms with Crippen LogP contribution >= 0.6 is 11.6 Å². The summed E-state index contributed by atoms with van der Waals surface area (Å²) in [6, 6.07) is 5.92. The first kappa shape index (κ1) is 17.5. The van der Waals surface area contributed by atoms with Gasteiger partial charge in [0.05, 0.1) is 28.7 Å². The SMILES string of the molecule is COCCn1ccc2c(Cl)c(Nc3c(C)nn(C)c(=O)c3C)ccc21. The highest BCUT2D eigenvalue weighted by Gasteiger charge is 2.14. The molecule has 25 heavy (non-hydrogen) atoms. The molecule has 6 nitrogen and oxygen atoms in total. The van der Waals surface area contributed by atoms with Crippen LogP contribution in [0.25, 0.3) is 10.9 Å². The fraction of sp³-hybridized carbons (Fsp3) is 0.333. The Balaban J connectivity index is 2.02. The number of ether oxygens (including phenoxy) is 1. The van der Waals surface area contributed by atoms with E-state index in [1.165, 1.54) is 4.68 Å². The zero-order chi connectivity index (χ0) is 18.1. The normalized spacial score (nSPS) is 11.2. The number of aryl methyl sites for hydroxylation is 2. The minimum atomic E-state index is -0.129. The molecule has 0 aliphatic heterocycles. The van der Waals surface area contributed by atoms with Gasteiger partial charge in [0.2, 0.25) is 0 Å². The van der Waals surface area contributed by atoms with Gasteiger partial charge in [-0.3, -0.25) is 4.79 Å². The Morgan fingerprint density at radius 3 is 2.76 bits per heavy atom. The van der Waals surface area contributed by atoms with Crippen LogP contribution in [-0.2, 0) is 18.3 Å². The van der Waals surface area contributed by atoms with E-state index in [9.17, 15) is 4.79 Å². The summed E-state index contributed by atoms with van der Waals surface area (Å²) in [5.74, 6) is 0. The highest BCUT2D eigenvalue weighted by Crippen LogP contribution is 2.34. The topological polar surface area (TPSA) is 61.1 Å². The van der Waals surface area contributed by atoms with Crippen LogP contribution in [0.2, 0.25) is 5.02 Å². The van der Waals surface area contributed by atoms with Crippen molar-refractivity contribution in [2.75, 3.05) is 19.0 Å². The van der Waals surface area contributed by atoms with Crippen LogP contribution in [-0.4, -0.2) is 28.1 Å². The van der Waals surface area contributed by atoms with Crippen LogP contribution in [0, 0.1) is 13.8 Å². The summed E-state index contributed by atoms with van der Waals surface area (Å²) in [6.45, 7) is 5.05. The highest BCUT2D eigenvalue weighted by molar-refractivity contribution is 6.38. The van der Waals surface area contributed by atoms with Gasteiger partial charge in [-0.1, -0.05) is 11.6 Å². The number of halogens is 1. The van der Waals surface area contributed by atoms with Gasteiger partial charge in [0, 0.05) is 43.4 Å². The van der Waals surface area contributed by atoms with E-state index < -0.39 is 0 Å². The van der Waals surface area contributed by atoms with E-state index in [1.54, 1.807) is 21.1 Å². The third-order valence-electron chi connectivity index (χ3n) is 4.33. The van der Waals surface area contributed by atoms with Gasteiger partial charge in [-0.05, 0) is 32.0 Å². The summed E-state index contributed by atoms with van der Waals surface area (Å²) in [6.07, 6.45) is 2.00. The molecule has 0 spiro atoms. The van der Waals surface area contributed by atoms with Gasteiger partial charge in [-0.25, -0.2) is 4.68 Å². The van der Waals surface area contributed by atoms with Crippen LogP contribution in [0.3, 0.4) is 0 Å². The number of rotatable bonds is 5. The molecule has 0 saturated heterocycles. The van der Waals surface area contributed by atoms with E-state index in [0.717, 1.165) is 28.8 Å². The number of aromatic nitrogens is 3. The monoisotopic (exact) mass is 360 g/mol. The predicted molar refractivity (Wildman–Crippen MR) is 101 cm³/mol. The molecular weight excluding hydrogens is 340 g/mol. The molecule has 7 heteroatoms. The van der Waals surface area contributed by atoms with E-state index in [0.29, 0.717) is 22.9 Å². The number of nitrogens with one attached hydrogen (secondary N) is 1. The van der Waals surface area contributed by atoms with Crippen molar-refractivity contribution in [1.29, 1.82) is 0 Å². The second kappa shape index (κ2) is 6.90. The van der Waals surface area contributed by atoms with Gasteiger partial charge in [0.25, 0.3) is 5.56 Å². The Morgan fingerprint density at radius 1 is 1.28 bits per heavy atom. The van der Waals surface area contributed by atoms with Gasteiger partial charge in [-0.2, -0.15) is 5.10 Å². The van der Waals surface area contributed by atoms with Crippen LogP contribution < -0.4 is 10.9 Å². The molecule has 132 valence electrons. The molecule has 0 fully saturated rings. The number of hydrogen-bond donors (Lipinski definition) is 1. The Morgan fingerprint density at radius 2 is 2.04 bits per heavy atom. The molecule has 0 radical (unpaired) electrons. The Bertz CT molecular complexity index is 991. The average molecular weight is 361 g/mol. The number of hydrogen-bond acceptors (Lipinski definition) is 4. The van der Waals surface area contributed by atoms with E-state index in [-0.39, 0.29) is 5.56 Å². The van der Waals surface area contributed by atoms with Gasteiger partial charge in [-0.15, -0.1) is 0 Å². The second-order valence-corrected chi connectivity index (χ2v) is 6.38. The third-order valence-corrected chi connectivity index (χ3v) is 4.74. The molecule has 0 unspecified atom stereocenters. The van der Waals surface area contributed by atoms with Gasteiger partial charge in [0.15, 0.2) is 0 Å². The van der Waals surface area contributed by atoms with Crippen LogP contribution in [0.15, 0.2) is 29.2 Å². The number of methoxy groups -OCH3 is 1. The number of benzene rings is 1. The quantitative estimate of drug-likeness (QED) is 0.757. The Kier molecular flexibility index (Phi) is 4.83. The number of nitrogens with zero attached hydrogens (tertiary/aromatic N) is 3. The first-order chi connectivity index (χ1) is 11.9. The lowest BCUT2D eigenvalue weighted by molar-refractivity contribution is 0.188. The molecule has 1 aromatic carbocycles. The van der Waals surface area contributed by atoms with Crippen molar-refractivity contribution in [1.82, 2.24) is 14.3 Å². The standard InChI is InChI=1S/C18H21ClN4O2/c1-11-17(12(2)21-22(3)18(11)24)20-14-5-6-15-13(16(14)19)7-8-23(15)9-10-25-4/h5-8,20H,9-10H2,1-4H3. The summed E-state index contributed by atoms with van der Waals surface area (Å²) < 4.78 is 8.59.